The molecule has 0 unspecified atom stereocenters. The van der Waals surface area contributed by atoms with E-state index < -0.39 is 0 Å². The summed E-state index contributed by atoms with van der Waals surface area (Å²) in [6.07, 6.45) is 0.152. The highest BCUT2D eigenvalue weighted by molar-refractivity contribution is 5.99. The zero-order valence-corrected chi connectivity index (χ0v) is 9.86. The van der Waals surface area contributed by atoms with Crippen LogP contribution in [0.5, 0.6) is 11.5 Å². The van der Waals surface area contributed by atoms with Crippen LogP contribution in [0.15, 0.2) is 18.2 Å². The number of ether oxygens (including phenoxy) is 3. The Kier molecular flexibility index (Phi) is 3.49. The van der Waals surface area contributed by atoms with Crippen molar-refractivity contribution in [3.05, 3.63) is 23.8 Å². The van der Waals surface area contributed by atoms with Crippen molar-refractivity contribution in [2.24, 2.45) is 0 Å². The Labute approximate surface area is 99.7 Å². The molecule has 0 bridgehead atoms. The number of carbonyl (C=O) groups excluding carboxylic acids is 1. The lowest BCUT2D eigenvalue weighted by atomic mass is 10.1. The second-order valence-electron chi connectivity index (χ2n) is 3.70. The van der Waals surface area contributed by atoms with Crippen LogP contribution in [-0.4, -0.2) is 39.4 Å². The fourth-order valence-electron chi connectivity index (χ4n) is 1.56. The minimum Gasteiger partial charge on any atom is -0.496 e. The molecule has 0 spiro atoms. The molecule has 2 rings (SSSR count). The molecule has 0 aliphatic carbocycles. The van der Waals surface area contributed by atoms with Gasteiger partial charge in [0.2, 0.25) is 0 Å². The smallest absolute Gasteiger partial charge is 0.258 e. The van der Waals surface area contributed by atoms with E-state index in [1.807, 2.05) is 0 Å². The lowest BCUT2D eigenvalue weighted by Crippen LogP contribution is -2.28. The van der Waals surface area contributed by atoms with Gasteiger partial charge in [-0.05, 0) is 12.1 Å². The summed E-state index contributed by atoms with van der Waals surface area (Å²) in [6, 6.07) is 5.23. The van der Waals surface area contributed by atoms with Crippen molar-refractivity contribution in [2.75, 3.05) is 27.4 Å². The van der Waals surface area contributed by atoms with Crippen LogP contribution in [0, 0.1) is 0 Å². The molecule has 0 radical (unpaired) electrons. The molecular weight excluding hydrogens is 222 g/mol. The summed E-state index contributed by atoms with van der Waals surface area (Å²) in [5.74, 6) is 0.784. The molecular formula is C12H15NO4. The first kappa shape index (κ1) is 11.7. The van der Waals surface area contributed by atoms with Crippen molar-refractivity contribution in [3.63, 3.8) is 0 Å². The molecule has 1 aromatic rings. The van der Waals surface area contributed by atoms with E-state index in [9.17, 15) is 4.79 Å². The number of nitrogens with one attached hydrogen (secondary N) is 1. The first-order chi connectivity index (χ1) is 8.26. The molecule has 1 N–H and O–H groups in total. The summed E-state index contributed by atoms with van der Waals surface area (Å²) < 4.78 is 15.3. The Hall–Kier alpha value is -1.75. The Bertz CT molecular complexity index is 393. The summed E-state index contributed by atoms with van der Waals surface area (Å²) in [5.41, 5.74) is 0.415. The van der Waals surface area contributed by atoms with E-state index in [0.29, 0.717) is 30.2 Å². The highest BCUT2D eigenvalue weighted by Crippen LogP contribution is 2.27. The minimum absolute atomic E-state index is 0.152. The highest BCUT2D eigenvalue weighted by Gasteiger charge is 2.25. The monoisotopic (exact) mass is 237 g/mol. The Morgan fingerprint density at radius 1 is 1.41 bits per heavy atom. The largest absolute Gasteiger partial charge is 0.496 e. The Morgan fingerprint density at radius 2 is 2.00 bits per heavy atom. The van der Waals surface area contributed by atoms with Crippen molar-refractivity contribution >= 4 is 5.91 Å². The first-order valence-electron chi connectivity index (χ1n) is 5.37. The Morgan fingerprint density at radius 3 is 2.47 bits per heavy atom. The van der Waals surface area contributed by atoms with Crippen LogP contribution in [0.2, 0.25) is 0 Å². The molecule has 1 heterocycles. The van der Waals surface area contributed by atoms with Gasteiger partial charge in [0.1, 0.15) is 17.1 Å². The normalized spacial score (nSPS) is 17.4. The first-order valence-corrected chi connectivity index (χ1v) is 5.37. The average Bonchev–Trinajstić information content (AvgIpc) is 3.18. The molecule has 1 saturated heterocycles. The van der Waals surface area contributed by atoms with Gasteiger partial charge in [-0.3, -0.25) is 4.79 Å². The third-order valence-corrected chi connectivity index (χ3v) is 2.55. The van der Waals surface area contributed by atoms with Gasteiger partial charge in [-0.25, -0.2) is 0 Å². The lowest BCUT2D eigenvalue weighted by molar-refractivity contribution is 0.0944. The van der Waals surface area contributed by atoms with Crippen LogP contribution in [0.1, 0.15) is 10.4 Å². The molecule has 1 aliphatic rings. The van der Waals surface area contributed by atoms with Crippen molar-refractivity contribution in [1.82, 2.24) is 5.32 Å². The SMILES string of the molecule is COc1cccc(OC)c1C(=O)NC[C@@H]1CO1. The molecule has 92 valence electrons. The summed E-state index contributed by atoms with van der Waals surface area (Å²) in [6.45, 7) is 1.23. The van der Waals surface area contributed by atoms with Gasteiger partial charge >= 0.3 is 0 Å². The summed E-state index contributed by atoms with van der Waals surface area (Å²) in [7, 11) is 3.05. The zero-order chi connectivity index (χ0) is 12.3. The number of epoxide rings is 1. The molecule has 1 aromatic carbocycles. The molecule has 1 amide bonds. The summed E-state index contributed by atoms with van der Waals surface area (Å²) in [5, 5.41) is 2.79. The van der Waals surface area contributed by atoms with E-state index in [0.717, 1.165) is 0 Å². The van der Waals surface area contributed by atoms with Gasteiger partial charge in [0.05, 0.1) is 26.9 Å². The molecule has 17 heavy (non-hydrogen) atoms. The topological polar surface area (TPSA) is 60.1 Å². The van der Waals surface area contributed by atoms with Crippen molar-refractivity contribution in [1.29, 1.82) is 0 Å². The lowest BCUT2D eigenvalue weighted by Gasteiger charge is -2.12. The number of methoxy groups -OCH3 is 2. The standard InChI is InChI=1S/C12H15NO4/c1-15-9-4-3-5-10(16-2)11(9)12(14)13-6-8-7-17-8/h3-5,8H,6-7H2,1-2H3,(H,13,14)/t8-/m1/s1. The average molecular weight is 237 g/mol. The van der Waals surface area contributed by atoms with Crippen LogP contribution in [0.3, 0.4) is 0 Å². The van der Waals surface area contributed by atoms with Crippen LogP contribution < -0.4 is 14.8 Å². The van der Waals surface area contributed by atoms with Gasteiger partial charge in [-0.15, -0.1) is 0 Å². The molecule has 1 fully saturated rings. The van der Waals surface area contributed by atoms with Gasteiger partial charge in [-0.2, -0.15) is 0 Å². The number of benzene rings is 1. The molecule has 1 aliphatic heterocycles. The van der Waals surface area contributed by atoms with E-state index in [4.69, 9.17) is 14.2 Å². The number of carbonyl (C=O) groups is 1. The van der Waals surface area contributed by atoms with Crippen LogP contribution in [0.25, 0.3) is 0 Å². The van der Waals surface area contributed by atoms with Gasteiger partial charge in [0.15, 0.2) is 0 Å². The number of rotatable bonds is 5. The van der Waals surface area contributed by atoms with Crippen LogP contribution in [-0.2, 0) is 4.74 Å². The minimum atomic E-state index is -0.213. The van der Waals surface area contributed by atoms with Gasteiger partial charge in [0.25, 0.3) is 5.91 Å². The molecule has 0 saturated carbocycles. The van der Waals surface area contributed by atoms with Crippen molar-refractivity contribution < 1.29 is 19.0 Å². The highest BCUT2D eigenvalue weighted by atomic mass is 16.6. The third-order valence-electron chi connectivity index (χ3n) is 2.55. The van der Waals surface area contributed by atoms with Gasteiger partial charge in [0, 0.05) is 6.54 Å². The molecule has 5 heteroatoms. The molecule has 5 nitrogen and oxygen atoms in total. The van der Waals surface area contributed by atoms with E-state index in [2.05, 4.69) is 5.32 Å². The third kappa shape index (κ3) is 2.68. The molecule has 1 atom stereocenters. The maximum absolute atomic E-state index is 12.0. The second kappa shape index (κ2) is 5.05. The fraction of sp³-hybridized carbons (Fsp3) is 0.417. The number of hydrogen-bond acceptors (Lipinski definition) is 4. The number of amides is 1. The van der Waals surface area contributed by atoms with E-state index in [1.54, 1.807) is 18.2 Å². The van der Waals surface area contributed by atoms with Crippen LogP contribution in [0.4, 0.5) is 0 Å². The maximum atomic E-state index is 12.0. The van der Waals surface area contributed by atoms with Gasteiger partial charge in [-0.1, -0.05) is 6.07 Å². The predicted octanol–water partition coefficient (Wildman–Crippen LogP) is 0.832. The fourth-order valence-corrected chi connectivity index (χ4v) is 1.56. The van der Waals surface area contributed by atoms with Gasteiger partial charge < -0.3 is 19.5 Å². The van der Waals surface area contributed by atoms with Crippen LogP contribution >= 0.6 is 0 Å². The van der Waals surface area contributed by atoms with Crippen molar-refractivity contribution in [3.8, 4) is 11.5 Å². The Balaban J connectivity index is 2.17. The quantitative estimate of drug-likeness (QED) is 0.771. The summed E-state index contributed by atoms with van der Waals surface area (Å²) in [4.78, 5) is 12.0. The second-order valence-corrected chi connectivity index (χ2v) is 3.70. The summed E-state index contributed by atoms with van der Waals surface area (Å²) >= 11 is 0. The van der Waals surface area contributed by atoms with E-state index >= 15 is 0 Å². The predicted molar refractivity (Wildman–Crippen MR) is 61.6 cm³/mol. The van der Waals surface area contributed by atoms with E-state index in [1.165, 1.54) is 14.2 Å². The van der Waals surface area contributed by atoms with Crippen molar-refractivity contribution in [2.45, 2.75) is 6.10 Å². The number of hydrogen-bond donors (Lipinski definition) is 1. The zero-order valence-electron chi connectivity index (χ0n) is 9.86. The molecule has 0 aromatic heterocycles. The van der Waals surface area contributed by atoms with E-state index in [-0.39, 0.29) is 12.0 Å². The maximum Gasteiger partial charge on any atom is 0.258 e.